The van der Waals surface area contributed by atoms with Gasteiger partial charge in [0.2, 0.25) is 0 Å². The monoisotopic (exact) mass is 371 g/mol. The lowest BCUT2D eigenvalue weighted by atomic mass is 9.89. The zero-order chi connectivity index (χ0) is 21.0. The SMILES string of the molecule is C=C(C)c1ccc(-c2ccc(C(=C)C)c(C(=C)CNC(C)C)c2)cc1C(=C)C. The van der Waals surface area contributed by atoms with Crippen LogP contribution < -0.4 is 5.32 Å². The van der Waals surface area contributed by atoms with E-state index in [9.17, 15) is 0 Å². The van der Waals surface area contributed by atoms with E-state index in [0.717, 1.165) is 51.1 Å². The van der Waals surface area contributed by atoms with Crippen LogP contribution in [0.15, 0.2) is 62.7 Å². The molecule has 0 fully saturated rings. The van der Waals surface area contributed by atoms with Gasteiger partial charge in [-0.1, -0.05) is 81.1 Å². The van der Waals surface area contributed by atoms with E-state index in [0.29, 0.717) is 6.04 Å². The van der Waals surface area contributed by atoms with Crippen LogP contribution >= 0.6 is 0 Å². The van der Waals surface area contributed by atoms with Crippen molar-refractivity contribution in [2.75, 3.05) is 6.54 Å². The summed E-state index contributed by atoms with van der Waals surface area (Å²) in [5.41, 5.74) is 11.2. The Morgan fingerprint density at radius 3 is 1.57 bits per heavy atom. The smallest absolute Gasteiger partial charge is 0.0208 e. The predicted molar refractivity (Wildman–Crippen MR) is 128 cm³/mol. The molecule has 0 spiro atoms. The van der Waals surface area contributed by atoms with Crippen molar-refractivity contribution >= 4 is 22.3 Å². The summed E-state index contributed by atoms with van der Waals surface area (Å²) in [5.74, 6) is 0. The second kappa shape index (κ2) is 9.03. The fourth-order valence-electron chi connectivity index (χ4n) is 3.26. The molecule has 0 unspecified atom stereocenters. The van der Waals surface area contributed by atoms with E-state index in [4.69, 9.17) is 0 Å². The van der Waals surface area contributed by atoms with Gasteiger partial charge in [-0.25, -0.2) is 0 Å². The van der Waals surface area contributed by atoms with Crippen LogP contribution in [0.2, 0.25) is 0 Å². The highest BCUT2D eigenvalue weighted by molar-refractivity contribution is 5.84. The number of rotatable bonds is 8. The Hall–Kier alpha value is -2.64. The molecule has 0 aliphatic carbocycles. The highest BCUT2D eigenvalue weighted by Gasteiger charge is 2.12. The first-order chi connectivity index (χ1) is 13.1. The molecule has 1 N–H and O–H groups in total. The minimum atomic E-state index is 0.418. The average Bonchev–Trinajstić information content (AvgIpc) is 2.64. The van der Waals surface area contributed by atoms with Gasteiger partial charge in [0.1, 0.15) is 0 Å². The lowest BCUT2D eigenvalue weighted by molar-refractivity contribution is 0.638. The molecule has 2 aromatic carbocycles. The van der Waals surface area contributed by atoms with Crippen molar-refractivity contribution in [3.05, 3.63) is 85.0 Å². The fourth-order valence-corrected chi connectivity index (χ4v) is 3.26. The maximum Gasteiger partial charge on any atom is 0.0208 e. The number of nitrogens with one attached hydrogen (secondary N) is 1. The van der Waals surface area contributed by atoms with Gasteiger partial charge >= 0.3 is 0 Å². The van der Waals surface area contributed by atoms with Gasteiger partial charge < -0.3 is 5.32 Å². The molecule has 0 aromatic heterocycles. The van der Waals surface area contributed by atoms with E-state index in [2.05, 4.69) is 81.9 Å². The summed E-state index contributed by atoms with van der Waals surface area (Å²) < 4.78 is 0. The second-order valence-corrected chi connectivity index (χ2v) is 8.00. The van der Waals surface area contributed by atoms with Crippen LogP contribution in [0.25, 0.3) is 33.4 Å². The molecule has 0 amide bonds. The fraction of sp³-hybridized carbons (Fsp3) is 0.259. The summed E-state index contributed by atoms with van der Waals surface area (Å²) in [5, 5.41) is 3.46. The van der Waals surface area contributed by atoms with Crippen LogP contribution in [0.4, 0.5) is 0 Å². The Kier molecular flexibility index (Phi) is 6.99. The maximum absolute atomic E-state index is 4.33. The van der Waals surface area contributed by atoms with Crippen molar-refractivity contribution in [3.8, 4) is 11.1 Å². The van der Waals surface area contributed by atoms with Gasteiger partial charge in [0.15, 0.2) is 0 Å². The molecule has 0 saturated heterocycles. The normalized spacial score (nSPS) is 10.8. The van der Waals surface area contributed by atoms with Crippen molar-refractivity contribution in [1.82, 2.24) is 5.32 Å². The largest absolute Gasteiger partial charge is 0.310 e. The van der Waals surface area contributed by atoms with E-state index in [1.54, 1.807) is 0 Å². The number of benzene rings is 2. The molecule has 0 bridgehead atoms. The predicted octanol–water partition coefficient (Wildman–Crippen LogP) is 7.46. The van der Waals surface area contributed by atoms with Gasteiger partial charge in [-0.2, -0.15) is 0 Å². The zero-order valence-electron chi connectivity index (χ0n) is 18.1. The molecule has 0 radical (unpaired) electrons. The molecule has 0 saturated carbocycles. The third kappa shape index (κ3) is 4.99. The van der Waals surface area contributed by atoms with E-state index in [1.807, 2.05) is 20.8 Å². The van der Waals surface area contributed by atoms with Gasteiger partial charge in [-0.3, -0.25) is 0 Å². The summed E-state index contributed by atoms with van der Waals surface area (Å²) in [6.07, 6.45) is 0. The summed E-state index contributed by atoms with van der Waals surface area (Å²) in [6, 6.07) is 13.5. The third-order valence-corrected chi connectivity index (χ3v) is 4.86. The van der Waals surface area contributed by atoms with Crippen molar-refractivity contribution in [1.29, 1.82) is 0 Å². The Labute approximate surface area is 171 Å². The average molecular weight is 372 g/mol. The topological polar surface area (TPSA) is 12.0 Å². The van der Waals surface area contributed by atoms with Crippen LogP contribution in [0, 0.1) is 0 Å². The van der Waals surface area contributed by atoms with E-state index < -0.39 is 0 Å². The van der Waals surface area contributed by atoms with Crippen molar-refractivity contribution in [3.63, 3.8) is 0 Å². The maximum atomic E-state index is 4.33. The van der Waals surface area contributed by atoms with E-state index in [-0.39, 0.29) is 0 Å². The molecule has 1 heteroatoms. The highest BCUT2D eigenvalue weighted by atomic mass is 14.9. The molecule has 2 aromatic rings. The molecule has 0 aliphatic heterocycles. The third-order valence-electron chi connectivity index (χ3n) is 4.86. The van der Waals surface area contributed by atoms with Crippen LogP contribution in [-0.4, -0.2) is 12.6 Å². The van der Waals surface area contributed by atoms with Gasteiger partial charge in [-0.15, -0.1) is 0 Å². The lowest BCUT2D eigenvalue weighted by Crippen LogP contribution is -2.24. The van der Waals surface area contributed by atoms with Crippen LogP contribution in [0.1, 0.15) is 56.9 Å². The Balaban J connectivity index is 2.55. The van der Waals surface area contributed by atoms with Crippen LogP contribution in [-0.2, 0) is 0 Å². The van der Waals surface area contributed by atoms with Crippen molar-refractivity contribution < 1.29 is 0 Å². The molecule has 0 aliphatic rings. The molecule has 2 rings (SSSR count). The minimum Gasteiger partial charge on any atom is -0.310 e. The quantitative estimate of drug-likeness (QED) is 0.507. The molecular weight excluding hydrogens is 338 g/mol. The Morgan fingerprint density at radius 1 is 0.714 bits per heavy atom. The van der Waals surface area contributed by atoms with Gasteiger partial charge in [0.25, 0.3) is 0 Å². The molecule has 1 nitrogen and oxygen atoms in total. The van der Waals surface area contributed by atoms with E-state index >= 15 is 0 Å². The van der Waals surface area contributed by atoms with Crippen LogP contribution in [0.3, 0.4) is 0 Å². The highest BCUT2D eigenvalue weighted by Crippen LogP contribution is 2.33. The number of allylic oxidation sites excluding steroid dienone is 3. The Bertz CT molecular complexity index is 941. The summed E-state index contributed by atoms with van der Waals surface area (Å²) >= 11 is 0. The molecule has 146 valence electrons. The first kappa shape index (κ1) is 21.7. The first-order valence-corrected chi connectivity index (χ1v) is 9.79. The van der Waals surface area contributed by atoms with Gasteiger partial charge in [0.05, 0.1) is 0 Å². The van der Waals surface area contributed by atoms with Crippen molar-refractivity contribution in [2.24, 2.45) is 0 Å². The van der Waals surface area contributed by atoms with Gasteiger partial charge in [-0.05, 0) is 71.9 Å². The Morgan fingerprint density at radius 2 is 1.14 bits per heavy atom. The number of hydrogen-bond acceptors (Lipinski definition) is 1. The summed E-state index contributed by atoms with van der Waals surface area (Å²) in [7, 11) is 0. The first-order valence-electron chi connectivity index (χ1n) is 9.79. The number of hydrogen-bond donors (Lipinski definition) is 1. The van der Waals surface area contributed by atoms with Crippen LogP contribution in [0.5, 0.6) is 0 Å². The summed E-state index contributed by atoms with van der Waals surface area (Å²) in [6.45, 7) is 27.9. The molecule has 0 atom stereocenters. The standard InChI is InChI=1S/C27H33N/c1-17(2)24-12-10-22(14-26(24)19(5)6)23-11-13-25(18(3)4)27(15-23)21(9)16-28-20(7)8/h10-15,20,28H,1,3,5,9,16H2,2,4,6-8H3. The molecular formula is C27H33N. The molecule has 0 heterocycles. The van der Waals surface area contributed by atoms with Crippen molar-refractivity contribution in [2.45, 2.75) is 40.7 Å². The van der Waals surface area contributed by atoms with E-state index in [1.165, 1.54) is 11.1 Å². The summed E-state index contributed by atoms with van der Waals surface area (Å²) in [4.78, 5) is 0. The lowest BCUT2D eigenvalue weighted by Gasteiger charge is -2.17. The van der Waals surface area contributed by atoms with Gasteiger partial charge in [0, 0.05) is 12.6 Å². The minimum absolute atomic E-state index is 0.418. The zero-order valence-corrected chi connectivity index (χ0v) is 18.1. The second-order valence-electron chi connectivity index (χ2n) is 8.00. The molecule has 28 heavy (non-hydrogen) atoms.